The van der Waals surface area contributed by atoms with E-state index in [-0.39, 0.29) is 63.5 Å². The third-order valence-electron chi connectivity index (χ3n) is 9.64. The van der Waals surface area contributed by atoms with Crippen LogP contribution in [0.3, 0.4) is 0 Å². The van der Waals surface area contributed by atoms with Crippen LogP contribution in [0.25, 0.3) is 0 Å². The third kappa shape index (κ3) is 5.87. The minimum absolute atomic E-state index is 0.0320. The molecule has 1 aromatic carbocycles. The molecule has 3 aliphatic heterocycles. The van der Waals surface area contributed by atoms with E-state index in [9.17, 15) is 13.6 Å². The van der Waals surface area contributed by atoms with Crippen molar-refractivity contribution in [2.45, 2.75) is 75.7 Å². The second-order valence-corrected chi connectivity index (χ2v) is 16.8. The Hall–Kier alpha value is -0.590. The Morgan fingerprint density at radius 3 is 2.69 bits per heavy atom. The zero-order chi connectivity index (χ0) is 27.0. The number of nitrogens with zero attached hydrogens (tertiary/aromatic N) is 2. The Kier molecular flexibility index (Phi) is 8.74. The number of halogens is 5. The fourth-order valence-electron chi connectivity index (χ4n) is 7.52. The molecule has 9 heteroatoms. The fraction of sp³-hybridized carbons (Fsp3) is 0.600. The number of carbonyl (C=O) groups excluding carboxylic acids is 1. The molecule has 6 rings (SSSR count). The number of amides is 1. The summed E-state index contributed by atoms with van der Waals surface area (Å²) in [6.07, 6.45) is 9.95. The van der Waals surface area contributed by atoms with Crippen molar-refractivity contribution in [2.24, 2.45) is 20.5 Å². The van der Waals surface area contributed by atoms with Crippen LogP contribution in [0.15, 0.2) is 54.8 Å². The molecule has 0 radical (unpaired) electrons. The van der Waals surface area contributed by atoms with Crippen LogP contribution in [0, 0.1) is 17.3 Å². The van der Waals surface area contributed by atoms with Gasteiger partial charge in [-0.05, 0) is 0 Å². The first-order valence-corrected chi connectivity index (χ1v) is 19.2. The van der Waals surface area contributed by atoms with E-state index in [1.54, 1.807) is 0 Å². The quantitative estimate of drug-likeness (QED) is 0.276. The summed E-state index contributed by atoms with van der Waals surface area (Å²) in [7, 11) is 0. The molecule has 3 heterocycles. The number of benzene rings is 1. The molecule has 0 bridgehead atoms. The number of fused-ring (bicyclic) bond motifs is 1. The summed E-state index contributed by atoms with van der Waals surface area (Å²) in [5, 5.41) is 0.573. The second-order valence-electron chi connectivity index (χ2n) is 11.7. The number of carbonyl (C=O) groups is 1. The van der Waals surface area contributed by atoms with Gasteiger partial charge in [-0.3, -0.25) is 0 Å². The maximum atomic E-state index is 14.8. The van der Waals surface area contributed by atoms with Crippen molar-refractivity contribution < 1.29 is 56.5 Å². The Morgan fingerprint density at radius 2 is 1.90 bits per heavy atom. The van der Waals surface area contributed by atoms with Gasteiger partial charge < -0.3 is 0 Å². The number of piperidine rings is 1. The van der Waals surface area contributed by atoms with Crippen molar-refractivity contribution >= 4 is 22.7 Å². The molecule has 2 aliphatic carbocycles. The molecule has 5 aliphatic rings. The zero-order valence-corrected chi connectivity index (χ0v) is 27.1. The number of alkyl halides is 3. The summed E-state index contributed by atoms with van der Waals surface area (Å²) in [6.45, 7) is 1.57. The van der Waals surface area contributed by atoms with Crippen LogP contribution >= 0.6 is 11.6 Å². The van der Waals surface area contributed by atoms with Gasteiger partial charge in [-0.25, -0.2) is 0 Å². The third-order valence-corrected chi connectivity index (χ3v) is 14.8. The number of nitrogens with one attached hydrogen (secondary N) is 1. The van der Waals surface area contributed by atoms with Crippen molar-refractivity contribution in [1.82, 2.24) is 8.43 Å². The van der Waals surface area contributed by atoms with Gasteiger partial charge in [0.2, 0.25) is 0 Å². The van der Waals surface area contributed by atoms with Gasteiger partial charge >= 0.3 is 258 Å². The number of likely N-dealkylation sites (tertiary alicyclic amines) is 1. The van der Waals surface area contributed by atoms with Crippen LogP contribution in [-0.2, 0) is 4.79 Å². The van der Waals surface area contributed by atoms with E-state index in [2.05, 4.69) is 42.0 Å². The first kappa shape index (κ1) is 28.5. The predicted octanol–water partition coefficient (Wildman–Crippen LogP) is 0.446. The van der Waals surface area contributed by atoms with Crippen LogP contribution in [-0.4, -0.2) is 45.5 Å². The molecule has 1 amide bonds. The van der Waals surface area contributed by atoms with Crippen LogP contribution in [0.2, 0.25) is 0 Å². The van der Waals surface area contributed by atoms with Crippen LogP contribution in [0.4, 0.5) is 8.78 Å². The summed E-state index contributed by atoms with van der Waals surface area (Å²) in [5.41, 5.74) is 2.42. The molecule has 0 aromatic heterocycles. The zero-order valence-electron chi connectivity index (χ0n) is 22.0. The first-order valence-electron chi connectivity index (χ1n) is 14.2. The fourth-order valence-corrected chi connectivity index (χ4v) is 13.0. The van der Waals surface area contributed by atoms with Gasteiger partial charge in [0, 0.05) is 0 Å². The normalized spacial score (nSPS) is 33.9. The van der Waals surface area contributed by atoms with Crippen molar-refractivity contribution in [3.8, 4) is 0 Å². The number of hydrogen-bond donors (Lipinski definition) is 1. The topological polar surface area (TPSA) is 44.7 Å². The van der Waals surface area contributed by atoms with E-state index in [0.29, 0.717) is 23.9 Å². The molecular weight excluding hydrogens is 746 g/mol. The van der Waals surface area contributed by atoms with E-state index < -0.39 is 27.4 Å². The molecule has 1 saturated carbocycles. The molecule has 39 heavy (non-hydrogen) atoms. The summed E-state index contributed by atoms with van der Waals surface area (Å²) in [6, 6.07) is 10.6. The van der Waals surface area contributed by atoms with Gasteiger partial charge in [-0.1, -0.05) is 0 Å². The van der Waals surface area contributed by atoms with Crippen LogP contribution < -0.4 is 46.5 Å². The number of hydrogen-bond acceptors (Lipinski definition) is 3. The Balaban J connectivity index is 1.31. The first-order chi connectivity index (χ1) is 18.9. The molecule has 2 saturated heterocycles. The molecule has 4 nitrogen and oxygen atoms in total. The maximum absolute atomic E-state index is 14.8. The van der Waals surface area contributed by atoms with Gasteiger partial charge in [-0.15, -0.1) is 0 Å². The van der Waals surface area contributed by atoms with Gasteiger partial charge in [0.15, 0.2) is 0 Å². The van der Waals surface area contributed by atoms with Gasteiger partial charge in [0.05, 0.1) is 0 Å². The van der Waals surface area contributed by atoms with Crippen LogP contribution in [0.1, 0.15) is 69.3 Å². The van der Waals surface area contributed by atoms with Crippen molar-refractivity contribution in [2.75, 3.05) is 17.5 Å². The second kappa shape index (κ2) is 12.0. The van der Waals surface area contributed by atoms with E-state index in [1.165, 1.54) is 14.7 Å². The Labute approximate surface area is 256 Å². The van der Waals surface area contributed by atoms with E-state index in [0.717, 1.165) is 49.6 Å². The standard InChI is InChI=1S/C30H36ClF2I2N3O/c31-27-9-8-23-25(35-37-27)7-4-13-29(23)19-36-34-18-24(29)28(39)38-16-12-22(20-5-2-1-3-6-20)17-26(38)21-10-14-30(32,33)15-11-21/h1-3,5-6,8-9,21-22,24,26,36H,4,7,10-19H2/q-2/t22-,24+,26+,29+/m1/s1. The minimum atomic E-state index is -2.56. The molecule has 1 N–H and O–H groups in total. The van der Waals surface area contributed by atoms with Crippen molar-refractivity contribution in [3.63, 3.8) is 0 Å². The van der Waals surface area contributed by atoms with Crippen molar-refractivity contribution in [3.05, 3.63) is 57.2 Å². The molecule has 3 fully saturated rings. The van der Waals surface area contributed by atoms with Gasteiger partial charge in [0.25, 0.3) is 0 Å². The van der Waals surface area contributed by atoms with Gasteiger partial charge in [0.1, 0.15) is 0 Å². The number of rotatable bonds is 3. The molecule has 1 aromatic rings. The monoisotopic (exact) mass is 781 g/mol. The molecule has 0 unspecified atom stereocenters. The van der Waals surface area contributed by atoms with Crippen molar-refractivity contribution in [1.29, 1.82) is 0 Å². The van der Waals surface area contributed by atoms with E-state index in [4.69, 9.17) is 11.6 Å². The Bertz CT molecular complexity index is 1170. The summed E-state index contributed by atoms with van der Waals surface area (Å²) >= 11 is 5.57. The average Bonchev–Trinajstić information content (AvgIpc) is 3.15. The summed E-state index contributed by atoms with van der Waals surface area (Å²) in [4.78, 5) is 16.9. The van der Waals surface area contributed by atoms with E-state index in [1.807, 2.05) is 12.1 Å². The number of allylic oxidation sites excluding steroid dienone is 3. The average molecular weight is 782 g/mol. The molecular formula is C30H36ClF2I2N3O-2. The molecule has 214 valence electrons. The molecule has 4 atom stereocenters. The van der Waals surface area contributed by atoms with Gasteiger partial charge in [-0.2, -0.15) is 0 Å². The Morgan fingerprint density at radius 1 is 1.10 bits per heavy atom. The van der Waals surface area contributed by atoms with Crippen LogP contribution in [0.5, 0.6) is 0 Å². The predicted molar refractivity (Wildman–Crippen MR) is 143 cm³/mol. The summed E-state index contributed by atoms with van der Waals surface area (Å²) < 4.78 is 39.1. The SMILES string of the molecule is O=C([C@@H]1C[I-]NC[C@]12CCCC1=C2C=CC(Cl)=N[I-]1)N1CC[C@@H](c2ccccc2)C[C@H]1C1CCC(F)(F)CC1. The molecule has 1 spiro atoms. The summed E-state index contributed by atoms with van der Waals surface area (Å²) in [5.74, 6) is -1.82. The van der Waals surface area contributed by atoms with E-state index >= 15 is 0 Å².